The topological polar surface area (TPSA) is 41.6 Å². The quantitative estimate of drug-likeness (QED) is 0.872. The summed E-state index contributed by atoms with van der Waals surface area (Å²) in [7, 11) is 0. The maximum atomic E-state index is 12.4. The first-order chi connectivity index (χ1) is 9.34. The second-order valence-corrected chi connectivity index (χ2v) is 5.20. The van der Waals surface area contributed by atoms with Crippen molar-refractivity contribution in [2.24, 2.45) is 0 Å². The molecule has 102 valence electrons. The SMILES string of the molecule is O=C([C@H]1CC[C@H](c2ccccc2)N1)N1CCOCC1. The Morgan fingerprint density at radius 2 is 1.89 bits per heavy atom. The molecule has 3 rings (SSSR count). The van der Waals surface area contributed by atoms with E-state index in [2.05, 4.69) is 17.4 Å². The number of carbonyl (C=O) groups is 1. The van der Waals surface area contributed by atoms with Crippen molar-refractivity contribution in [2.45, 2.75) is 24.9 Å². The molecule has 0 radical (unpaired) electrons. The van der Waals surface area contributed by atoms with Gasteiger partial charge in [-0.15, -0.1) is 0 Å². The molecule has 0 bridgehead atoms. The highest BCUT2D eigenvalue weighted by Crippen LogP contribution is 2.27. The molecule has 0 aromatic heterocycles. The molecule has 2 atom stereocenters. The highest BCUT2D eigenvalue weighted by Gasteiger charge is 2.32. The molecule has 4 heteroatoms. The van der Waals surface area contributed by atoms with Gasteiger partial charge in [-0.3, -0.25) is 10.1 Å². The van der Waals surface area contributed by atoms with Crippen LogP contribution in [0.2, 0.25) is 0 Å². The van der Waals surface area contributed by atoms with Crippen molar-refractivity contribution in [2.75, 3.05) is 26.3 Å². The molecule has 2 saturated heterocycles. The van der Waals surface area contributed by atoms with Gasteiger partial charge in [0.2, 0.25) is 5.91 Å². The van der Waals surface area contributed by atoms with Gasteiger partial charge in [0, 0.05) is 19.1 Å². The average molecular weight is 260 g/mol. The van der Waals surface area contributed by atoms with Crippen LogP contribution in [0, 0.1) is 0 Å². The second-order valence-electron chi connectivity index (χ2n) is 5.20. The fraction of sp³-hybridized carbons (Fsp3) is 0.533. The van der Waals surface area contributed by atoms with Gasteiger partial charge < -0.3 is 9.64 Å². The first-order valence-electron chi connectivity index (χ1n) is 7.02. The van der Waals surface area contributed by atoms with Crippen molar-refractivity contribution in [1.29, 1.82) is 0 Å². The largest absolute Gasteiger partial charge is 0.378 e. The summed E-state index contributed by atoms with van der Waals surface area (Å²) in [5.41, 5.74) is 1.28. The monoisotopic (exact) mass is 260 g/mol. The van der Waals surface area contributed by atoms with Gasteiger partial charge in [-0.1, -0.05) is 30.3 Å². The molecule has 1 aromatic carbocycles. The normalized spacial score (nSPS) is 27.5. The van der Waals surface area contributed by atoms with Crippen LogP contribution in [0.4, 0.5) is 0 Å². The van der Waals surface area contributed by atoms with Crippen molar-refractivity contribution >= 4 is 5.91 Å². The van der Waals surface area contributed by atoms with E-state index < -0.39 is 0 Å². The van der Waals surface area contributed by atoms with Crippen LogP contribution in [-0.4, -0.2) is 43.2 Å². The Balaban J connectivity index is 1.61. The molecule has 2 aliphatic heterocycles. The van der Waals surface area contributed by atoms with E-state index in [1.807, 2.05) is 23.1 Å². The molecule has 0 saturated carbocycles. The van der Waals surface area contributed by atoms with E-state index in [0.717, 1.165) is 25.9 Å². The first kappa shape index (κ1) is 12.6. The van der Waals surface area contributed by atoms with Crippen LogP contribution in [0.25, 0.3) is 0 Å². The lowest BCUT2D eigenvalue weighted by Gasteiger charge is -2.29. The zero-order chi connectivity index (χ0) is 13.1. The van der Waals surface area contributed by atoms with Crippen molar-refractivity contribution in [1.82, 2.24) is 10.2 Å². The molecule has 2 heterocycles. The van der Waals surface area contributed by atoms with Crippen molar-refractivity contribution < 1.29 is 9.53 Å². The smallest absolute Gasteiger partial charge is 0.239 e. The zero-order valence-corrected chi connectivity index (χ0v) is 11.0. The molecular formula is C15H20N2O2. The third-order valence-electron chi connectivity index (χ3n) is 3.97. The van der Waals surface area contributed by atoms with Gasteiger partial charge in [0.05, 0.1) is 19.3 Å². The van der Waals surface area contributed by atoms with Crippen LogP contribution in [0.5, 0.6) is 0 Å². The Morgan fingerprint density at radius 1 is 1.16 bits per heavy atom. The minimum atomic E-state index is -0.0247. The van der Waals surface area contributed by atoms with E-state index in [-0.39, 0.29) is 11.9 Å². The summed E-state index contributed by atoms with van der Waals surface area (Å²) in [6.07, 6.45) is 1.96. The molecule has 2 fully saturated rings. The number of morpholine rings is 1. The van der Waals surface area contributed by atoms with Crippen LogP contribution in [0.15, 0.2) is 30.3 Å². The molecular weight excluding hydrogens is 240 g/mol. The summed E-state index contributed by atoms with van der Waals surface area (Å²) in [4.78, 5) is 14.3. The number of hydrogen-bond donors (Lipinski definition) is 1. The van der Waals surface area contributed by atoms with Gasteiger partial charge >= 0.3 is 0 Å². The van der Waals surface area contributed by atoms with Crippen molar-refractivity contribution in [3.05, 3.63) is 35.9 Å². The Morgan fingerprint density at radius 3 is 2.63 bits per heavy atom. The van der Waals surface area contributed by atoms with Gasteiger partial charge in [0.25, 0.3) is 0 Å². The molecule has 0 spiro atoms. The minimum absolute atomic E-state index is 0.0247. The van der Waals surface area contributed by atoms with E-state index in [1.165, 1.54) is 5.56 Å². The maximum absolute atomic E-state index is 12.4. The number of benzene rings is 1. The first-order valence-corrected chi connectivity index (χ1v) is 7.02. The lowest BCUT2D eigenvalue weighted by atomic mass is 10.1. The Kier molecular flexibility index (Phi) is 3.80. The van der Waals surface area contributed by atoms with Crippen molar-refractivity contribution in [3.8, 4) is 0 Å². The van der Waals surface area contributed by atoms with Crippen LogP contribution in [0.3, 0.4) is 0 Å². The number of carbonyl (C=O) groups excluding carboxylic acids is 1. The summed E-state index contributed by atoms with van der Waals surface area (Å²) < 4.78 is 5.29. The van der Waals surface area contributed by atoms with Gasteiger partial charge in [0.1, 0.15) is 0 Å². The Bertz CT molecular complexity index is 429. The predicted molar refractivity (Wildman–Crippen MR) is 72.7 cm³/mol. The van der Waals surface area contributed by atoms with Crippen LogP contribution in [0.1, 0.15) is 24.4 Å². The average Bonchev–Trinajstić information content (AvgIpc) is 2.98. The zero-order valence-electron chi connectivity index (χ0n) is 11.0. The molecule has 1 amide bonds. The highest BCUT2D eigenvalue weighted by molar-refractivity contribution is 5.82. The Hall–Kier alpha value is -1.39. The minimum Gasteiger partial charge on any atom is -0.378 e. The number of nitrogens with one attached hydrogen (secondary N) is 1. The van der Waals surface area contributed by atoms with Gasteiger partial charge in [0.15, 0.2) is 0 Å². The van der Waals surface area contributed by atoms with E-state index in [9.17, 15) is 4.79 Å². The molecule has 1 N–H and O–H groups in total. The summed E-state index contributed by atoms with van der Waals surface area (Å²) in [6, 6.07) is 10.7. The predicted octanol–water partition coefficient (Wildman–Crippen LogP) is 1.34. The third kappa shape index (κ3) is 2.80. The van der Waals surface area contributed by atoms with Crippen LogP contribution in [-0.2, 0) is 9.53 Å². The van der Waals surface area contributed by atoms with Crippen LogP contribution < -0.4 is 5.32 Å². The highest BCUT2D eigenvalue weighted by atomic mass is 16.5. The summed E-state index contributed by atoms with van der Waals surface area (Å²) in [6.45, 7) is 2.79. The standard InChI is InChI=1S/C15H20N2O2/c18-15(17-8-10-19-11-9-17)14-7-6-13(16-14)12-4-2-1-3-5-12/h1-5,13-14,16H,6-11H2/t13-,14-/m1/s1. The summed E-state index contributed by atoms with van der Waals surface area (Å²) >= 11 is 0. The van der Waals surface area contributed by atoms with Crippen LogP contribution >= 0.6 is 0 Å². The van der Waals surface area contributed by atoms with E-state index in [4.69, 9.17) is 4.74 Å². The lowest BCUT2D eigenvalue weighted by Crippen LogP contribution is -2.48. The summed E-state index contributed by atoms with van der Waals surface area (Å²) in [5, 5.41) is 3.47. The second kappa shape index (κ2) is 5.72. The third-order valence-corrected chi connectivity index (χ3v) is 3.97. The van der Waals surface area contributed by atoms with Gasteiger partial charge in [-0.25, -0.2) is 0 Å². The Labute approximate surface area is 113 Å². The maximum Gasteiger partial charge on any atom is 0.239 e. The molecule has 19 heavy (non-hydrogen) atoms. The van der Waals surface area contributed by atoms with E-state index in [1.54, 1.807) is 0 Å². The fourth-order valence-electron chi connectivity index (χ4n) is 2.89. The molecule has 4 nitrogen and oxygen atoms in total. The number of amides is 1. The number of nitrogens with zero attached hydrogens (tertiary/aromatic N) is 1. The summed E-state index contributed by atoms with van der Waals surface area (Å²) in [5.74, 6) is 0.238. The lowest BCUT2D eigenvalue weighted by molar-refractivity contribution is -0.137. The van der Waals surface area contributed by atoms with E-state index >= 15 is 0 Å². The number of hydrogen-bond acceptors (Lipinski definition) is 3. The molecule has 0 aliphatic carbocycles. The number of rotatable bonds is 2. The fourth-order valence-corrected chi connectivity index (χ4v) is 2.89. The molecule has 1 aromatic rings. The van der Waals surface area contributed by atoms with Crippen molar-refractivity contribution in [3.63, 3.8) is 0 Å². The molecule has 0 unspecified atom stereocenters. The molecule has 2 aliphatic rings. The van der Waals surface area contributed by atoms with Gasteiger partial charge in [-0.2, -0.15) is 0 Å². The number of ether oxygens (including phenoxy) is 1. The van der Waals surface area contributed by atoms with Gasteiger partial charge in [-0.05, 0) is 18.4 Å². The van der Waals surface area contributed by atoms with E-state index in [0.29, 0.717) is 19.3 Å².